The number of unbranched alkanes of at least 4 members (excludes halogenated alkanes) is 18. The van der Waals surface area contributed by atoms with E-state index >= 15 is 0 Å². The molecule has 3 heterocycles. The Bertz CT molecular complexity index is 1380. The summed E-state index contributed by atoms with van der Waals surface area (Å²) in [5.41, 5.74) is 0. The normalized spacial score (nSPS) is 33.0. The molecule has 0 radical (unpaired) electrons. The van der Waals surface area contributed by atoms with E-state index in [1.165, 1.54) is 64.2 Å². The van der Waals surface area contributed by atoms with E-state index in [1.807, 2.05) is 6.08 Å². The molecule has 404 valence electrons. The van der Waals surface area contributed by atoms with Crippen LogP contribution < -0.4 is 5.32 Å². The van der Waals surface area contributed by atoms with Crippen LogP contribution in [0.25, 0.3) is 0 Å². The highest BCUT2D eigenvalue weighted by Gasteiger charge is 2.53. The van der Waals surface area contributed by atoms with Gasteiger partial charge in [-0.3, -0.25) is 4.79 Å². The number of carbonyl (C=O) groups excluding carboxylic acids is 1. The Labute approximate surface area is 409 Å². The van der Waals surface area contributed by atoms with E-state index in [9.17, 15) is 61.0 Å². The van der Waals surface area contributed by atoms with Gasteiger partial charge in [-0.2, -0.15) is 0 Å². The van der Waals surface area contributed by atoms with Crippen LogP contribution in [-0.4, -0.2) is 193 Å². The number of allylic oxidation sites excluding steroid dienone is 3. The Morgan fingerprint density at radius 3 is 1.45 bits per heavy atom. The van der Waals surface area contributed by atoms with E-state index < -0.39 is 124 Å². The summed E-state index contributed by atoms with van der Waals surface area (Å²) < 4.78 is 34.1. The first-order valence-corrected chi connectivity index (χ1v) is 26.1. The minimum Gasteiger partial charge on any atom is -0.394 e. The second-order valence-electron chi connectivity index (χ2n) is 19.0. The van der Waals surface area contributed by atoms with Crippen molar-refractivity contribution < 1.29 is 89.4 Å². The standard InChI is InChI=1S/C50H91NO18/c1-3-5-7-9-11-13-15-16-18-19-21-23-25-27-34(55)33(51-38(56)28-26-24-22-20-17-14-12-10-8-6-4-2)32-64-48-44(62)41(59)46(36(30-53)66-48)69-50-45(63)42(60)47(37(31-54)67-50)68-49-43(61)40(58)39(57)35(29-52)65-49/h10,12,25,27,33-37,39-50,52-55,57-63H,3-9,11,13-24,26,28-32H2,1-2H3,(H,51,56)/b12-10-,27-25+. The molecule has 0 aromatic heterocycles. The fourth-order valence-corrected chi connectivity index (χ4v) is 8.82. The lowest BCUT2D eigenvalue weighted by Crippen LogP contribution is -2.66. The number of aliphatic hydroxyl groups excluding tert-OH is 11. The molecule has 19 heteroatoms. The average molecular weight is 994 g/mol. The van der Waals surface area contributed by atoms with Gasteiger partial charge < -0.3 is 89.9 Å². The van der Waals surface area contributed by atoms with Crippen LogP contribution >= 0.6 is 0 Å². The van der Waals surface area contributed by atoms with Crippen molar-refractivity contribution in [2.24, 2.45) is 0 Å². The second kappa shape index (κ2) is 35.4. The zero-order valence-corrected chi connectivity index (χ0v) is 41.3. The van der Waals surface area contributed by atoms with Crippen molar-refractivity contribution in [1.82, 2.24) is 5.32 Å². The van der Waals surface area contributed by atoms with E-state index in [1.54, 1.807) is 6.08 Å². The van der Waals surface area contributed by atoms with Crippen molar-refractivity contribution in [2.75, 3.05) is 26.4 Å². The first-order chi connectivity index (χ1) is 33.3. The van der Waals surface area contributed by atoms with Crippen LogP contribution in [0.4, 0.5) is 0 Å². The predicted molar refractivity (Wildman–Crippen MR) is 254 cm³/mol. The van der Waals surface area contributed by atoms with Crippen molar-refractivity contribution in [1.29, 1.82) is 0 Å². The molecular formula is C50H91NO18. The minimum absolute atomic E-state index is 0.233. The van der Waals surface area contributed by atoms with Gasteiger partial charge in [-0.1, -0.05) is 134 Å². The third kappa shape index (κ3) is 21.3. The highest BCUT2D eigenvalue weighted by atomic mass is 16.8. The van der Waals surface area contributed by atoms with Crippen LogP contribution in [0.15, 0.2) is 24.3 Å². The van der Waals surface area contributed by atoms with Crippen LogP contribution in [0, 0.1) is 0 Å². The van der Waals surface area contributed by atoms with Crippen molar-refractivity contribution in [2.45, 2.75) is 259 Å². The maximum Gasteiger partial charge on any atom is 0.220 e. The van der Waals surface area contributed by atoms with Gasteiger partial charge in [0.1, 0.15) is 73.2 Å². The number of nitrogens with one attached hydrogen (secondary N) is 1. The Morgan fingerprint density at radius 2 is 0.928 bits per heavy atom. The third-order valence-corrected chi connectivity index (χ3v) is 13.2. The number of amides is 1. The molecule has 0 bridgehead atoms. The molecule has 3 aliphatic heterocycles. The van der Waals surface area contributed by atoms with Gasteiger partial charge in [0, 0.05) is 6.42 Å². The highest BCUT2D eigenvalue weighted by Crippen LogP contribution is 2.33. The van der Waals surface area contributed by atoms with Gasteiger partial charge in [-0.15, -0.1) is 0 Å². The largest absolute Gasteiger partial charge is 0.394 e. The van der Waals surface area contributed by atoms with E-state index in [-0.39, 0.29) is 18.9 Å². The average Bonchev–Trinajstić information content (AvgIpc) is 3.34. The summed E-state index contributed by atoms with van der Waals surface area (Å²) >= 11 is 0. The molecular weight excluding hydrogens is 903 g/mol. The fraction of sp³-hybridized carbons (Fsp3) is 0.900. The van der Waals surface area contributed by atoms with Gasteiger partial charge in [0.15, 0.2) is 18.9 Å². The van der Waals surface area contributed by atoms with Gasteiger partial charge in [-0.25, -0.2) is 0 Å². The number of aliphatic hydroxyl groups is 11. The molecule has 69 heavy (non-hydrogen) atoms. The maximum atomic E-state index is 13.2. The molecule has 12 N–H and O–H groups in total. The molecule has 0 aliphatic carbocycles. The van der Waals surface area contributed by atoms with Crippen molar-refractivity contribution in [3.8, 4) is 0 Å². The SMILES string of the molecule is CCCC/C=C\CCCCCCCC(=O)NC(COC1OC(CO)C(OC2OC(CO)C(OC3OC(CO)C(O)C(O)C3O)C(O)C2O)C(O)C1O)C(O)/C=C/CCCCCCCCCCCCC. The van der Waals surface area contributed by atoms with E-state index in [2.05, 4.69) is 31.3 Å². The number of carbonyl (C=O) groups is 1. The van der Waals surface area contributed by atoms with Gasteiger partial charge in [0.25, 0.3) is 0 Å². The van der Waals surface area contributed by atoms with Gasteiger partial charge >= 0.3 is 0 Å². The predicted octanol–water partition coefficient (Wildman–Crippen LogP) is 2.03. The summed E-state index contributed by atoms with van der Waals surface area (Å²) in [6.07, 6.45) is 4.70. The molecule has 0 saturated carbocycles. The van der Waals surface area contributed by atoms with Gasteiger partial charge in [-0.05, 0) is 38.5 Å². The zero-order valence-electron chi connectivity index (χ0n) is 41.3. The fourth-order valence-electron chi connectivity index (χ4n) is 8.82. The molecule has 0 spiro atoms. The number of rotatable bonds is 36. The first kappa shape index (κ1) is 61.6. The highest BCUT2D eigenvalue weighted by molar-refractivity contribution is 5.76. The smallest absolute Gasteiger partial charge is 0.220 e. The summed E-state index contributed by atoms with van der Waals surface area (Å²) in [5.74, 6) is -0.289. The molecule has 1 amide bonds. The lowest BCUT2D eigenvalue weighted by atomic mass is 9.96. The molecule has 0 aromatic carbocycles. The van der Waals surface area contributed by atoms with Crippen LogP contribution in [0.3, 0.4) is 0 Å². The summed E-state index contributed by atoms with van der Waals surface area (Å²) in [7, 11) is 0. The third-order valence-electron chi connectivity index (χ3n) is 13.2. The molecule has 3 saturated heterocycles. The van der Waals surface area contributed by atoms with Crippen LogP contribution in [0.5, 0.6) is 0 Å². The minimum atomic E-state index is -1.98. The monoisotopic (exact) mass is 994 g/mol. The van der Waals surface area contributed by atoms with Crippen molar-refractivity contribution in [3.63, 3.8) is 0 Å². The van der Waals surface area contributed by atoms with Crippen LogP contribution in [-0.2, 0) is 33.2 Å². The lowest BCUT2D eigenvalue weighted by molar-refractivity contribution is -0.379. The Balaban J connectivity index is 1.57. The van der Waals surface area contributed by atoms with E-state index in [0.29, 0.717) is 6.42 Å². The molecule has 0 aromatic rings. The Morgan fingerprint density at radius 1 is 0.507 bits per heavy atom. The lowest BCUT2D eigenvalue weighted by Gasteiger charge is -2.48. The first-order valence-electron chi connectivity index (χ1n) is 26.1. The Kier molecular flexibility index (Phi) is 31.6. The van der Waals surface area contributed by atoms with Gasteiger partial charge in [0.05, 0.1) is 38.6 Å². The van der Waals surface area contributed by atoms with Gasteiger partial charge in [0.2, 0.25) is 5.91 Å². The second-order valence-corrected chi connectivity index (χ2v) is 19.0. The van der Waals surface area contributed by atoms with Crippen molar-refractivity contribution in [3.05, 3.63) is 24.3 Å². The molecule has 17 atom stereocenters. The molecule has 3 aliphatic rings. The van der Waals surface area contributed by atoms with E-state index in [0.717, 1.165) is 64.2 Å². The maximum absolute atomic E-state index is 13.2. The molecule has 17 unspecified atom stereocenters. The number of hydrogen-bond acceptors (Lipinski definition) is 18. The van der Waals surface area contributed by atoms with Crippen LogP contribution in [0.2, 0.25) is 0 Å². The topological polar surface area (TPSA) is 307 Å². The summed E-state index contributed by atoms with van der Waals surface area (Å²) in [4.78, 5) is 13.2. The quantitative estimate of drug-likeness (QED) is 0.0316. The summed E-state index contributed by atoms with van der Waals surface area (Å²) in [6.45, 7) is 1.63. The molecule has 19 nitrogen and oxygen atoms in total. The molecule has 3 fully saturated rings. The summed E-state index contributed by atoms with van der Waals surface area (Å²) in [6, 6.07) is -0.971. The number of hydrogen-bond donors (Lipinski definition) is 12. The van der Waals surface area contributed by atoms with Crippen LogP contribution in [0.1, 0.15) is 155 Å². The number of ether oxygens (including phenoxy) is 6. The molecule has 3 rings (SSSR count). The van der Waals surface area contributed by atoms with E-state index in [4.69, 9.17) is 28.4 Å². The van der Waals surface area contributed by atoms with Crippen molar-refractivity contribution >= 4 is 5.91 Å². The Hall–Kier alpha value is -1.73. The zero-order chi connectivity index (χ0) is 50.6. The summed E-state index contributed by atoms with van der Waals surface area (Å²) in [5, 5.41) is 120.